The fourth-order valence-electron chi connectivity index (χ4n) is 1.94. The van der Waals surface area contributed by atoms with Crippen LogP contribution in [-0.2, 0) is 4.74 Å². The summed E-state index contributed by atoms with van der Waals surface area (Å²) in [6.07, 6.45) is 5.43. The van der Waals surface area contributed by atoms with Crippen LogP contribution in [0.5, 0.6) is 0 Å². The normalized spacial score (nSPS) is 10.7. The number of carbonyl (C=O) groups excluding carboxylic acids is 1. The molecule has 0 saturated carbocycles. The summed E-state index contributed by atoms with van der Waals surface area (Å²) in [5.74, 6) is -0.744. The monoisotopic (exact) mass is 377 g/mol. The van der Waals surface area contributed by atoms with E-state index in [2.05, 4.69) is 20.4 Å². The van der Waals surface area contributed by atoms with Gasteiger partial charge < -0.3 is 15.5 Å². The van der Waals surface area contributed by atoms with Gasteiger partial charge in [0.05, 0.1) is 6.61 Å². The molecule has 136 valence electrons. The number of quaternary nitrogens is 1. The highest BCUT2D eigenvalue weighted by atomic mass is 32.2. The van der Waals surface area contributed by atoms with Crippen molar-refractivity contribution in [2.45, 2.75) is 12.1 Å². The van der Waals surface area contributed by atoms with Crippen LogP contribution in [0.25, 0.3) is 0 Å². The van der Waals surface area contributed by atoms with Gasteiger partial charge in [-0.3, -0.25) is 0 Å². The molecule has 0 unspecified atom stereocenters. The fraction of sp³-hybridized carbons (Fsp3) is 0.188. The second kappa shape index (κ2) is 9.59. The van der Waals surface area contributed by atoms with Gasteiger partial charge in [0, 0.05) is 24.2 Å². The predicted molar refractivity (Wildman–Crippen MR) is 98.3 cm³/mol. The van der Waals surface area contributed by atoms with Gasteiger partial charge in [-0.15, -0.1) is 0 Å². The van der Waals surface area contributed by atoms with E-state index in [1.165, 1.54) is 47.8 Å². The molecule has 2 aromatic rings. The standard InChI is InChI=1S/C16H17FN6O2S/c1-3-25-15(24)11-9-19-16(26-2)22-14(11)21-10-4-5-12(17)13(8-10)23-20-7-6-18/h4-9,18,23H,3H2,1-2H3,(H,19,21,22)/p+1. The number of rotatable bonds is 8. The summed E-state index contributed by atoms with van der Waals surface area (Å²) in [7, 11) is 0. The summed E-state index contributed by atoms with van der Waals surface area (Å²) in [6.45, 7) is 1.93. The van der Waals surface area contributed by atoms with Crippen molar-refractivity contribution in [3.8, 4) is 0 Å². The van der Waals surface area contributed by atoms with Crippen LogP contribution in [0.1, 0.15) is 17.3 Å². The maximum absolute atomic E-state index is 13.9. The number of halogens is 1. The van der Waals surface area contributed by atoms with Crippen molar-refractivity contribution in [1.29, 1.82) is 5.41 Å². The number of nitrogens with zero attached hydrogens (tertiary/aromatic N) is 3. The molecule has 0 atom stereocenters. The molecule has 0 aliphatic carbocycles. The van der Waals surface area contributed by atoms with Crippen LogP contribution in [0, 0.1) is 11.2 Å². The van der Waals surface area contributed by atoms with Gasteiger partial charge in [0.15, 0.2) is 16.7 Å². The lowest BCUT2D eigenvalue weighted by molar-refractivity contribution is -0.578. The molecule has 0 fully saturated rings. The number of thioether (sulfide) groups is 1. The van der Waals surface area contributed by atoms with Gasteiger partial charge in [0.25, 0.3) is 0 Å². The molecule has 0 aliphatic rings. The van der Waals surface area contributed by atoms with Crippen molar-refractivity contribution in [2.75, 3.05) is 18.2 Å². The van der Waals surface area contributed by atoms with Gasteiger partial charge in [-0.2, -0.15) is 5.43 Å². The summed E-state index contributed by atoms with van der Waals surface area (Å²) in [6, 6.07) is 4.31. The molecular weight excluding hydrogens is 359 g/mol. The van der Waals surface area contributed by atoms with Gasteiger partial charge in [-0.1, -0.05) is 16.9 Å². The fourth-order valence-corrected chi connectivity index (χ4v) is 2.28. The number of anilines is 2. The zero-order valence-electron chi connectivity index (χ0n) is 14.2. The van der Waals surface area contributed by atoms with Gasteiger partial charge in [-0.25, -0.2) is 19.2 Å². The van der Waals surface area contributed by atoms with Crippen LogP contribution in [0.2, 0.25) is 0 Å². The topological polar surface area (TPSA) is 117 Å². The van der Waals surface area contributed by atoms with Crippen molar-refractivity contribution < 1.29 is 19.3 Å². The van der Waals surface area contributed by atoms with Crippen molar-refractivity contribution in [3.63, 3.8) is 0 Å². The Labute approximate surface area is 153 Å². The van der Waals surface area contributed by atoms with E-state index in [-0.39, 0.29) is 23.7 Å². The Morgan fingerprint density at radius 2 is 2.35 bits per heavy atom. The summed E-state index contributed by atoms with van der Waals surface area (Å²) >= 11 is 1.33. The number of hydrogen-bond donors (Lipinski definition) is 3. The third-order valence-corrected chi connectivity index (χ3v) is 3.64. The Kier molecular flexibility index (Phi) is 7.18. The number of nitrogens with two attached hydrogens (primary N) is 1. The second-order valence-corrected chi connectivity index (χ2v) is 5.57. The Bertz CT molecular complexity index is 830. The minimum atomic E-state index is -0.549. The van der Waals surface area contributed by atoms with E-state index in [1.807, 2.05) is 6.26 Å². The number of benzene rings is 1. The Morgan fingerprint density at radius 1 is 1.54 bits per heavy atom. The van der Waals surface area contributed by atoms with E-state index in [0.29, 0.717) is 10.8 Å². The zero-order chi connectivity index (χ0) is 18.9. The summed E-state index contributed by atoms with van der Waals surface area (Å²) in [4.78, 5) is 20.5. The average Bonchev–Trinajstić information content (AvgIpc) is 2.64. The number of ether oxygens (including phenoxy) is 1. The Balaban J connectivity index is 2.34. The van der Waals surface area contributed by atoms with E-state index in [9.17, 15) is 9.18 Å². The van der Waals surface area contributed by atoms with Crippen molar-refractivity contribution in [3.05, 3.63) is 35.8 Å². The highest BCUT2D eigenvalue weighted by Gasteiger charge is 2.17. The minimum absolute atomic E-state index is 0.182. The van der Waals surface area contributed by atoms with E-state index < -0.39 is 11.8 Å². The van der Waals surface area contributed by atoms with Gasteiger partial charge in [-0.05, 0) is 25.3 Å². The number of esters is 1. The van der Waals surface area contributed by atoms with Crippen LogP contribution in [0.15, 0.2) is 34.7 Å². The Hall–Kier alpha value is -2.85. The molecule has 1 heterocycles. The first kappa shape index (κ1) is 19.5. The van der Waals surface area contributed by atoms with E-state index in [4.69, 9.17) is 10.1 Å². The van der Waals surface area contributed by atoms with Crippen molar-refractivity contribution in [1.82, 2.24) is 9.97 Å². The van der Waals surface area contributed by atoms with Crippen LogP contribution >= 0.6 is 11.8 Å². The van der Waals surface area contributed by atoms with Crippen LogP contribution in [-0.4, -0.2) is 41.2 Å². The van der Waals surface area contributed by atoms with E-state index in [0.717, 1.165) is 6.21 Å². The number of carbonyl (C=O) groups is 1. The number of nitrogens with one attached hydrogen (secondary N) is 2. The molecule has 2 rings (SSSR count). The maximum Gasteiger partial charge on any atom is 0.343 e. The molecule has 0 radical (unpaired) electrons. The maximum atomic E-state index is 13.9. The number of aromatic nitrogens is 2. The average molecular weight is 377 g/mol. The lowest BCUT2D eigenvalue weighted by Crippen LogP contribution is -2.71. The molecule has 0 saturated heterocycles. The van der Waals surface area contributed by atoms with Crippen LogP contribution in [0.3, 0.4) is 0 Å². The van der Waals surface area contributed by atoms with Gasteiger partial charge >= 0.3 is 5.97 Å². The largest absolute Gasteiger partial charge is 0.462 e. The molecule has 10 heteroatoms. The van der Waals surface area contributed by atoms with Crippen LogP contribution in [0.4, 0.5) is 21.6 Å². The summed E-state index contributed by atoms with van der Waals surface area (Å²) in [5.41, 5.74) is 2.22. The quantitative estimate of drug-likeness (QED) is 0.123. The van der Waals surface area contributed by atoms with Crippen molar-refractivity contribution >= 4 is 47.4 Å². The molecule has 8 nitrogen and oxygen atoms in total. The smallest absolute Gasteiger partial charge is 0.343 e. The molecule has 1 aromatic heterocycles. The highest BCUT2D eigenvalue weighted by Crippen LogP contribution is 2.24. The first-order valence-electron chi connectivity index (χ1n) is 7.59. The molecule has 0 aliphatic heterocycles. The third kappa shape index (κ3) is 5.07. The van der Waals surface area contributed by atoms with Gasteiger partial charge in [0.1, 0.15) is 17.6 Å². The molecule has 0 spiro atoms. The molecule has 0 amide bonds. The lowest BCUT2D eigenvalue weighted by Gasteiger charge is -2.11. The van der Waals surface area contributed by atoms with Crippen LogP contribution < -0.4 is 10.7 Å². The molecular formula is C16H18FN6O2S+. The molecule has 4 N–H and O–H groups in total. The third-order valence-electron chi connectivity index (χ3n) is 3.08. The summed E-state index contributed by atoms with van der Waals surface area (Å²) in [5, 5.41) is 14.2. The first-order valence-corrected chi connectivity index (χ1v) is 8.81. The minimum Gasteiger partial charge on any atom is -0.462 e. The first-order chi connectivity index (χ1) is 12.6. The van der Waals surface area contributed by atoms with Crippen molar-refractivity contribution in [2.24, 2.45) is 5.10 Å². The van der Waals surface area contributed by atoms with E-state index >= 15 is 0 Å². The van der Waals surface area contributed by atoms with E-state index in [1.54, 1.807) is 6.92 Å². The second-order valence-electron chi connectivity index (χ2n) is 4.79. The zero-order valence-corrected chi connectivity index (χ0v) is 15.0. The van der Waals surface area contributed by atoms with Gasteiger partial charge in [0.2, 0.25) is 0 Å². The number of hydrogen-bond acceptors (Lipinski definition) is 8. The SMILES string of the molecule is CCOC(=O)c1cnc(SC)nc1Nc1ccc(F)c([NH2+]N=CC=N)c1. The lowest BCUT2D eigenvalue weighted by atomic mass is 10.2. The predicted octanol–water partition coefficient (Wildman–Crippen LogP) is 2.09. The summed E-state index contributed by atoms with van der Waals surface area (Å²) < 4.78 is 18.9. The Morgan fingerprint density at radius 3 is 3.04 bits per heavy atom. The molecule has 1 aromatic carbocycles. The highest BCUT2D eigenvalue weighted by molar-refractivity contribution is 7.98. The molecule has 26 heavy (non-hydrogen) atoms. The molecule has 0 bridgehead atoms.